The highest BCUT2D eigenvalue weighted by molar-refractivity contribution is 6.06. The van der Waals surface area contributed by atoms with Crippen molar-refractivity contribution in [1.82, 2.24) is 14.7 Å². The summed E-state index contributed by atoms with van der Waals surface area (Å²) in [6.07, 6.45) is 1.79. The van der Waals surface area contributed by atoms with Crippen molar-refractivity contribution in [1.29, 1.82) is 0 Å². The number of ether oxygens (including phenoxy) is 4. The van der Waals surface area contributed by atoms with Gasteiger partial charge in [0.15, 0.2) is 17.7 Å². The largest absolute Gasteiger partial charge is 0.493 e. The molecular weight excluding hydrogens is 755 g/mol. The van der Waals surface area contributed by atoms with Crippen LogP contribution in [0.15, 0.2) is 79.4 Å². The molecule has 2 fully saturated rings. The number of fused-ring (bicyclic) bond motifs is 5. The van der Waals surface area contributed by atoms with Crippen molar-refractivity contribution in [3.8, 4) is 17.2 Å². The van der Waals surface area contributed by atoms with Gasteiger partial charge in [-0.05, 0) is 60.9 Å². The summed E-state index contributed by atoms with van der Waals surface area (Å²) < 4.78 is 23.4. The molecule has 59 heavy (non-hydrogen) atoms. The summed E-state index contributed by atoms with van der Waals surface area (Å²) in [7, 11) is 3.50. The average molecular weight is 804 g/mol. The Morgan fingerprint density at radius 2 is 1.61 bits per heavy atom. The summed E-state index contributed by atoms with van der Waals surface area (Å²) >= 11 is 0. The van der Waals surface area contributed by atoms with Gasteiger partial charge in [0.25, 0.3) is 5.91 Å². The lowest BCUT2D eigenvalue weighted by molar-refractivity contribution is -0.117. The zero-order valence-electron chi connectivity index (χ0n) is 33.4. The minimum absolute atomic E-state index is 0.0733. The van der Waals surface area contributed by atoms with Crippen LogP contribution in [-0.2, 0) is 29.0 Å². The number of rotatable bonds is 9. The number of aliphatic hydroxyl groups is 1. The molecule has 0 bridgehead atoms. The van der Waals surface area contributed by atoms with Crippen LogP contribution in [0.5, 0.6) is 17.2 Å². The first-order chi connectivity index (χ1) is 28.6. The number of hydrogen-bond donors (Lipinski definition) is 1. The second-order valence-electron chi connectivity index (χ2n) is 15.4. The van der Waals surface area contributed by atoms with Gasteiger partial charge in [0.2, 0.25) is 5.91 Å². The molecule has 2 atom stereocenters. The van der Waals surface area contributed by atoms with E-state index < -0.39 is 24.5 Å². The van der Waals surface area contributed by atoms with Crippen molar-refractivity contribution in [3.05, 3.63) is 102 Å². The number of carbonyl (C=O) groups excluding carboxylic acids is 4. The molecule has 2 saturated heterocycles. The van der Waals surface area contributed by atoms with Crippen molar-refractivity contribution in [2.45, 2.75) is 51.0 Å². The topological polar surface area (TPSA) is 142 Å². The third-order valence-electron chi connectivity index (χ3n) is 11.7. The first-order valence-corrected chi connectivity index (χ1v) is 20.1. The van der Waals surface area contributed by atoms with Crippen LogP contribution in [-0.4, -0.2) is 116 Å². The van der Waals surface area contributed by atoms with E-state index in [2.05, 4.69) is 11.5 Å². The van der Waals surface area contributed by atoms with E-state index in [1.165, 1.54) is 25.3 Å². The number of aliphatic hydroxyl groups excluding tert-OH is 1. The molecule has 4 aromatic rings. The van der Waals surface area contributed by atoms with Crippen LogP contribution in [0.25, 0.3) is 10.8 Å². The van der Waals surface area contributed by atoms with Gasteiger partial charge in [0, 0.05) is 56.8 Å². The summed E-state index contributed by atoms with van der Waals surface area (Å²) in [6, 6.07) is 19.6. The first kappa shape index (κ1) is 39.7. The summed E-state index contributed by atoms with van der Waals surface area (Å²) in [4.78, 5) is 63.0. The van der Waals surface area contributed by atoms with Gasteiger partial charge in [-0.25, -0.2) is 14.5 Å². The minimum atomic E-state index is -1.35. The number of carbonyl (C=O) groups is 4. The molecule has 0 radical (unpaired) electrons. The number of nitrogens with zero attached hydrogens (tertiary/aromatic N) is 5. The summed E-state index contributed by atoms with van der Waals surface area (Å²) in [5.41, 5.74) is 3.67. The summed E-state index contributed by atoms with van der Waals surface area (Å²) in [5, 5.41) is 13.4. The Morgan fingerprint density at radius 1 is 0.847 bits per heavy atom. The monoisotopic (exact) mass is 803 g/mol. The van der Waals surface area contributed by atoms with Crippen LogP contribution in [0, 0.1) is 0 Å². The predicted octanol–water partition coefficient (Wildman–Crippen LogP) is 5.76. The fourth-order valence-corrected chi connectivity index (χ4v) is 8.57. The molecule has 14 heteroatoms. The molecule has 1 N–H and O–H groups in total. The van der Waals surface area contributed by atoms with E-state index >= 15 is 0 Å². The molecule has 8 rings (SSSR count). The highest BCUT2D eigenvalue weighted by atomic mass is 16.6. The summed E-state index contributed by atoms with van der Waals surface area (Å²) in [5.74, 6) is 0.549. The highest BCUT2D eigenvalue weighted by Crippen LogP contribution is 2.42. The molecule has 2 unspecified atom stereocenters. The number of piperidine rings is 1. The second kappa shape index (κ2) is 17.0. The number of likely N-dealkylation sites (N-methyl/N-ethyl adjacent to an activating group) is 1. The standard InChI is InChI=1S/C45H49N5O9/c1-4-22-57-45(55)50-37-27-40(39(56-3)25-34(37)42(52)49-16-8-7-14-35(49)43(50)53)58-28-30-11-9-10-29(23-30)24-41(51)48-17-15-32-31-12-5-6-13-33(31)38(26-36(32)48)59-44(54)47-20-18-46(2)19-21-47/h4-6,9-13,23,25-27,35,43,53H,1,7-8,14-22,24,28H2,2-3H3. The lowest BCUT2D eigenvalue weighted by atomic mass is 10.0. The third-order valence-corrected chi connectivity index (χ3v) is 11.7. The zero-order chi connectivity index (χ0) is 41.2. The maximum Gasteiger partial charge on any atom is 0.416 e. The van der Waals surface area contributed by atoms with E-state index in [0.29, 0.717) is 44.8 Å². The van der Waals surface area contributed by atoms with Crippen LogP contribution in [0.2, 0.25) is 0 Å². The maximum absolute atomic E-state index is 14.0. The van der Waals surface area contributed by atoms with Crippen molar-refractivity contribution >= 4 is 46.1 Å². The molecular formula is C45H49N5O9. The van der Waals surface area contributed by atoms with E-state index in [9.17, 15) is 24.3 Å². The first-order valence-electron chi connectivity index (χ1n) is 20.1. The molecule has 4 aliphatic heterocycles. The third kappa shape index (κ3) is 7.89. The van der Waals surface area contributed by atoms with E-state index in [-0.39, 0.29) is 54.2 Å². The number of piperazine rings is 1. The van der Waals surface area contributed by atoms with Gasteiger partial charge in [-0.1, -0.05) is 61.2 Å². The van der Waals surface area contributed by atoms with Crippen molar-refractivity contribution < 1.29 is 43.2 Å². The van der Waals surface area contributed by atoms with Gasteiger partial charge in [-0.3, -0.25) is 9.59 Å². The Morgan fingerprint density at radius 3 is 2.39 bits per heavy atom. The molecule has 0 saturated carbocycles. The number of amides is 4. The fourth-order valence-electron chi connectivity index (χ4n) is 8.57. The van der Waals surface area contributed by atoms with Crippen molar-refractivity contribution in [2.75, 3.05) is 69.8 Å². The Hall–Kier alpha value is -6.12. The van der Waals surface area contributed by atoms with E-state index in [0.717, 1.165) is 64.0 Å². The van der Waals surface area contributed by atoms with E-state index in [1.54, 1.807) is 14.7 Å². The summed E-state index contributed by atoms with van der Waals surface area (Å²) in [6.45, 7) is 7.29. The molecule has 4 aliphatic rings. The van der Waals surface area contributed by atoms with Crippen LogP contribution >= 0.6 is 0 Å². The zero-order valence-corrected chi connectivity index (χ0v) is 33.4. The highest BCUT2D eigenvalue weighted by Gasteiger charge is 2.44. The molecule has 4 amide bonds. The quantitative estimate of drug-likeness (QED) is 0.208. The van der Waals surface area contributed by atoms with Gasteiger partial charge in [-0.2, -0.15) is 0 Å². The van der Waals surface area contributed by atoms with E-state index in [1.807, 2.05) is 61.6 Å². The van der Waals surface area contributed by atoms with Gasteiger partial charge in [-0.15, -0.1) is 0 Å². The minimum Gasteiger partial charge on any atom is -0.493 e. The van der Waals surface area contributed by atoms with Crippen LogP contribution in [0.1, 0.15) is 46.3 Å². The Balaban J connectivity index is 1.01. The average Bonchev–Trinajstić information content (AvgIpc) is 3.66. The van der Waals surface area contributed by atoms with Crippen molar-refractivity contribution in [3.63, 3.8) is 0 Å². The van der Waals surface area contributed by atoms with Gasteiger partial charge < -0.3 is 43.7 Å². The molecule has 308 valence electrons. The Kier molecular flexibility index (Phi) is 11.4. The van der Waals surface area contributed by atoms with Crippen molar-refractivity contribution in [2.24, 2.45) is 0 Å². The Labute approximate surface area is 343 Å². The van der Waals surface area contributed by atoms with Gasteiger partial charge >= 0.3 is 12.2 Å². The SMILES string of the molecule is C=CCOC(=O)N1c2cc(OCc3cccc(CC(=O)N4CCc5c4cc(OC(=O)N4CCN(C)CC4)c4ccccc54)c3)c(OC)cc2C(=O)N2CCCCC2C1O. The lowest BCUT2D eigenvalue weighted by Crippen LogP contribution is -2.55. The lowest BCUT2D eigenvalue weighted by Gasteiger charge is -2.38. The second-order valence-corrected chi connectivity index (χ2v) is 15.4. The fraction of sp³-hybridized carbons (Fsp3) is 0.378. The normalized spacial score (nSPS) is 19.1. The number of benzene rings is 4. The number of anilines is 2. The van der Waals surface area contributed by atoms with Gasteiger partial charge in [0.1, 0.15) is 19.0 Å². The molecule has 14 nitrogen and oxygen atoms in total. The van der Waals surface area contributed by atoms with Crippen LogP contribution < -0.4 is 24.0 Å². The predicted molar refractivity (Wildman–Crippen MR) is 221 cm³/mol. The molecule has 0 aliphatic carbocycles. The number of methoxy groups -OCH3 is 1. The number of hydrogen-bond acceptors (Lipinski definition) is 10. The van der Waals surface area contributed by atoms with E-state index in [4.69, 9.17) is 18.9 Å². The molecule has 0 spiro atoms. The Bertz CT molecular complexity index is 2290. The smallest absolute Gasteiger partial charge is 0.416 e. The van der Waals surface area contributed by atoms with Crippen LogP contribution in [0.4, 0.5) is 21.0 Å². The molecule has 4 heterocycles. The van der Waals surface area contributed by atoms with Gasteiger partial charge in [0.05, 0.1) is 36.5 Å². The van der Waals surface area contributed by atoms with Crippen LogP contribution in [0.3, 0.4) is 0 Å². The maximum atomic E-state index is 14.0. The molecule has 4 aromatic carbocycles. The molecule has 0 aromatic heterocycles.